The van der Waals surface area contributed by atoms with Crippen molar-refractivity contribution >= 4 is 23.8 Å². The molecule has 0 unspecified atom stereocenters. The van der Waals surface area contributed by atoms with Gasteiger partial charge in [-0.1, -0.05) is 6.58 Å². The molecule has 146 valence electrons. The molecule has 27 heavy (non-hydrogen) atoms. The first-order valence-electron chi connectivity index (χ1n) is 8.47. The molecule has 0 aromatic heterocycles. The summed E-state index contributed by atoms with van der Waals surface area (Å²) in [7, 11) is 0. The number of hydrogen-bond acceptors (Lipinski definition) is 7. The van der Waals surface area contributed by atoms with Gasteiger partial charge in [-0.25, -0.2) is 4.79 Å². The van der Waals surface area contributed by atoms with Crippen molar-refractivity contribution in [1.82, 2.24) is 0 Å². The van der Waals surface area contributed by atoms with Crippen molar-refractivity contribution in [2.45, 2.75) is 32.1 Å². The third kappa shape index (κ3) is 9.78. The van der Waals surface area contributed by atoms with Crippen molar-refractivity contribution in [2.24, 2.45) is 5.73 Å². The maximum Gasteiger partial charge on any atom is 0.330 e. The highest BCUT2D eigenvalue weighted by atomic mass is 16.5. The van der Waals surface area contributed by atoms with Gasteiger partial charge in [-0.2, -0.15) is 0 Å². The van der Waals surface area contributed by atoms with E-state index in [2.05, 4.69) is 6.58 Å². The zero-order valence-electron chi connectivity index (χ0n) is 15.0. The molecule has 0 saturated carbocycles. The lowest BCUT2D eigenvalue weighted by Crippen LogP contribution is -2.12. The zero-order chi connectivity index (χ0) is 20.1. The van der Waals surface area contributed by atoms with Crippen LogP contribution in [0, 0.1) is 0 Å². The summed E-state index contributed by atoms with van der Waals surface area (Å²) >= 11 is 0. The highest BCUT2D eigenvalue weighted by molar-refractivity contribution is 5.92. The van der Waals surface area contributed by atoms with Gasteiger partial charge in [0.2, 0.25) is 5.91 Å². The minimum absolute atomic E-state index is 0.0597. The van der Waals surface area contributed by atoms with E-state index < -0.39 is 23.8 Å². The Hall–Kier alpha value is -3.16. The third-order valence-corrected chi connectivity index (χ3v) is 3.35. The molecule has 1 amide bonds. The number of hydrogen-bond donors (Lipinski definition) is 1. The Bertz CT molecular complexity index is 667. The van der Waals surface area contributed by atoms with Crippen LogP contribution in [0.2, 0.25) is 0 Å². The van der Waals surface area contributed by atoms with E-state index in [1.807, 2.05) is 0 Å². The predicted molar refractivity (Wildman–Crippen MR) is 95.8 cm³/mol. The van der Waals surface area contributed by atoms with Crippen molar-refractivity contribution in [1.29, 1.82) is 0 Å². The first kappa shape index (κ1) is 21.9. The van der Waals surface area contributed by atoms with Gasteiger partial charge in [-0.05, 0) is 43.5 Å². The largest absolute Gasteiger partial charge is 0.466 e. The van der Waals surface area contributed by atoms with E-state index in [0.29, 0.717) is 30.6 Å². The molecule has 1 aromatic rings. The summed E-state index contributed by atoms with van der Waals surface area (Å²) < 4.78 is 14.9. The van der Waals surface area contributed by atoms with Crippen LogP contribution in [-0.4, -0.2) is 37.0 Å². The van der Waals surface area contributed by atoms with Gasteiger partial charge in [0, 0.05) is 24.5 Å². The van der Waals surface area contributed by atoms with Crippen LogP contribution in [0.1, 0.15) is 42.5 Å². The Balaban J connectivity index is 2.11. The van der Waals surface area contributed by atoms with E-state index in [0.717, 1.165) is 6.08 Å². The summed E-state index contributed by atoms with van der Waals surface area (Å²) in [5.74, 6) is -1.65. The monoisotopic (exact) mass is 377 g/mol. The highest BCUT2D eigenvalue weighted by Crippen LogP contribution is 2.13. The van der Waals surface area contributed by atoms with Gasteiger partial charge in [0.1, 0.15) is 5.75 Å². The van der Waals surface area contributed by atoms with Crippen LogP contribution in [0.15, 0.2) is 36.9 Å². The number of ether oxygens (including phenoxy) is 3. The van der Waals surface area contributed by atoms with E-state index >= 15 is 0 Å². The van der Waals surface area contributed by atoms with Gasteiger partial charge in [0.15, 0.2) is 0 Å². The molecule has 0 radical (unpaired) electrons. The molecule has 0 fully saturated rings. The molecule has 1 rings (SSSR count). The number of unbranched alkanes of at least 4 members (excludes halogenated alkanes) is 1. The summed E-state index contributed by atoms with van der Waals surface area (Å²) in [6.45, 7) is 3.75. The van der Waals surface area contributed by atoms with E-state index in [-0.39, 0.29) is 26.1 Å². The van der Waals surface area contributed by atoms with E-state index in [4.69, 9.17) is 19.9 Å². The van der Waals surface area contributed by atoms with Crippen molar-refractivity contribution < 1.29 is 33.4 Å². The van der Waals surface area contributed by atoms with Crippen LogP contribution in [0.4, 0.5) is 0 Å². The number of carbonyl (C=O) groups excluding carboxylic acids is 4. The molecule has 2 N–H and O–H groups in total. The Morgan fingerprint density at radius 2 is 1.48 bits per heavy atom. The molecule has 0 aliphatic carbocycles. The smallest absolute Gasteiger partial charge is 0.330 e. The SMILES string of the molecule is C=CC(=O)OCCCCOC(=O)CCCC(=O)Oc1ccc(C(N)=O)cc1. The Morgan fingerprint density at radius 1 is 0.889 bits per heavy atom. The number of carbonyl (C=O) groups is 4. The molecule has 0 aliphatic rings. The van der Waals surface area contributed by atoms with Crippen molar-refractivity contribution in [2.75, 3.05) is 13.2 Å². The standard InChI is InChI=1S/C19H23NO7/c1-2-16(21)25-12-3-4-13-26-17(22)6-5-7-18(23)27-15-10-8-14(9-11-15)19(20)24/h2,8-11H,1,3-7,12-13H2,(H2,20,24). The average Bonchev–Trinajstić information content (AvgIpc) is 2.64. The predicted octanol–water partition coefficient (Wildman–Crippen LogP) is 1.91. The Kier molecular flexibility index (Phi) is 9.92. The highest BCUT2D eigenvalue weighted by Gasteiger charge is 2.09. The van der Waals surface area contributed by atoms with E-state index in [9.17, 15) is 19.2 Å². The van der Waals surface area contributed by atoms with Gasteiger partial charge in [-0.3, -0.25) is 14.4 Å². The number of primary amides is 1. The van der Waals surface area contributed by atoms with Crippen LogP contribution in [0.25, 0.3) is 0 Å². The van der Waals surface area contributed by atoms with Gasteiger partial charge in [0.25, 0.3) is 0 Å². The lowest BCUT2D eigenvalue weighted by atomic mass is 10.2. The second kappa shape index (κ2) is 12.2. The van der Waals surface area contributed by atoms with Crippen LogP contribution >= 0.6 is 0 Å². The molecule has 8 heteroatoms. The minimum atomic E-state index is -0.566. The summed E-state index contributed by atoms with van der Waals surface area (Å²) in [6.07, 6.45) is 2.69. The second-order valence-corrected chi connectivity index (χ2v) is 5.52. The Labute approximate surface area is 157 Å². The maximum absolute atomic E-state index is 11.7. The zero-order valence-corrected chi connectivity index (χ0v) is 15.0. The topological polar surface area (TPSA) is 122 Å². The molecule has 0 saturated heterocycles. The molecule has 0 aliphatic heterocycles. The minimum Gasteiger partial charge on any atom is -0.466 e. The molecular weight excluding hydrogens is 354 g/mol. The fraction of sp³-hybridized carbons (Fsp3) is 0.368. The molecule has 0 heterocycles. The van der Waals surface area contributed by atoms with E-state index in [1.165, 1.54) is 24.3 Å². The summed E-state index contributed by atoms with van der Waals surface area (Å²) in [5, 5.41) is 0. The molecular formula is C19H23NO7. The maximum atomic E-state index is 11.7. The van der Waals surface area contributed by atoms with Crippen LogP contribution in [-0.2, 0) is 23.9 Å². The van der Waals surface area contributed by atoms with Crippen LogP contribution in [0.5, 0.6) is 5.75 Å². The van der Waals surface area contributed by atoms with Gasteiger partial charge >= 0.3 is 17.9 Å². The third-order valence-electron chi connectivity index (χ3n) is 3.35. The van der Waals surface area contributed by atoms with Gasteiger partial charge in [-0.15, -0.1) is 0 Å². The van der Waals surface area contributed by atoms with Crippen LogP contribution in [0.3, 0.4) is 0 Å². The lowest BCUT2D eigenvalue weighted by Gasteiger charge is -2.06. The second-order valence-electron chi connectivity index (χ2n) is 5.52. The Morgan fingerprint density at radius 3 is 2.07 bits per heavy atom. The van der Waals surface area contributed by atoms with E-state index in [1.54, 1.807) is 0 Å². The fourth-order valence-corrected chi connectivity index (χ4v) is 1.94. The molecule has 8 nitrogen and oxygen atoms in total. The molecule has 1 aromatic carbocycles. The first-order valence-corrected chi connectivity index (χ1v) is 8.47. The molecule has 0 bridgehead atoms. The average molecular weight is 377 g/mol. The van der Waals surface area contributed by atoms with Crippen molar-refractivity contribution in [3.8, 4) is 5.75 Å². The van der Waals surface area contributed by atoms with Gasteiger partial charge < -0.3 is 19.9 Å². The number of nitrogens with two attached hydrogens (primary N) is 1. The van der Waals surface area contributed by atoms with Crippen molar-refractivity contribution in [3.63, 3.8) is 0 Å². The van der Waals surface area contributed by atoms with Gasteiger partial charge in [0.05, 0.1) is 13.2 Å². The van der Waals surface area contributed by atoms with Crippen molar-refractivity contribution in [3.05, 3.63) is 42.5 Å². The summed E-state index contributed by atoms with van der Waals surface area (Å²) in [6, 6.07) is 5.86. The number of benzene rings is 1. The summed E-state index contributed by atoms with van der Waals surface area (Å²) in [4.78, 5) is 45.0. The number of esters is 3. The van der Waals surface area contributed by atoms with Crippen LogP contribution < -0.4 is 10.5 Å². The molecule has 0 atom stereocenters. The number of amides is 1. The molecule has 0 spiro atoms. The quantitative estimate of drug-likeness (QED) is 0.255. The normalized spacial score (nSPS) is 9.93. The first-order chi connectivity index (χ1) is 12.9. The fourth-order valence-electron chi connectivity index (χ4n) is 1.94. The lowest BCUT2D eigenvalue weighted by molar-refractivity contribution is -0.145. The summed E-state index contributed by atoms with van der Waals surface area (Å²) in [5.41, 5.74) is 5.44. The number of rotatable bonds is 12.